The van der Waals surface area contributed by atoms with Crippen molar-refractivity contribution in [3.05, 3.63) is 20.8 Å². The molecule has 0 amide bonds. The molecule has 2 heterocycles. The first-order valence-electron chi connectivity index (χ1n) is 6.42. The van der Waals surface area contributed by atoms with E-state index in [4.69, 9.17) is 10.6 Å². The number of nitrogen functional groups attached to an aromatic ring is 1. The van der Waals surface area contributed by atoms with Gasteiger partial charge in [0.05, 0.1) is 13.2 Å². The van der Waals surface area contributed by atoms with Crippen LogP contribution in [-0.2, 0) is 6.54 Å². The SMILES string of the molecule is CCCOc1nc(NN)nc(N(C)Cc2cc(Br)cs2)n1. The van der Waals surface area contributed by atoms with E-state index in [-0.39, 0.29) is 12.0 Å². The topological polar surface area (TPSA) is 89.2 Å². The third-order valence-electron chi connectivity index (χ3n) is 2.52. The summed E-state index contributed by atoms with van der Waals surface area (Å²) in [6, 6.07) is 2.34. The third kappa shape index (κ3) is 4.51. The average Bonchev–Trinajstić information content (AvgIpc) is 2.89. The minimum absolute atomic E-state index is 0.272. The van der Waals surface area contributed by atoms with Gasteiger partial charge in [-0.2, -0.15) is 15.0 Å². The lowest BCUT2D eigenvalue weighted by atomic mass is 10.4. The molecule has 9 heteroatoms. The summed E-state index contributed by atoms with van der Waals surface area (Å²) in [6.45, 7) is 3.26. The van der Waals surface area contributed by atoms with Crippen LogP contribution in [0.2, 0.25) is 0 Å². The molecule has 0 saturated heterocycles. The number of aromatic nitrogens is 3. The van der Waals surface area contributed by atoms with Gasteiger partial charge in [0.25, 0.3) is 0 Å². The minimum Gasteiger partial charge on any atom is -0.463 e. The molecule has 2 aromatic heterocycles. The zero-order chi connectivity index (χ0) is 15.2. The number of hydrogen-bond acceptors (Lipinski definition) is 8. The maximum Gasteiger partial charge on any atom is 0.323 e. The van der Waals surface area contributed by atoms with Crippen molar-refractivity contribution in [1.29, 1.82) is 0 Å². The molecule has 0 unspecified atom stereocenters. The number of anilines is 2. The summed E-state index contributed by atoms with van der Waals surface area (Å²) in [5.41, 5.74) is 2.43. The van der Waals surface area contributed by atoms with Crippen LogP contribution >= 0.6 is 27.3 Å². The number of hydrazine groups is 1. The van der Waals surface area contributed by atoms with Gasteiger partial charge in [-0.15, -0.1) is 11.3 Å². The Morgan fingerprint density at radius 3 is 2.86 bits per heavy atom. The number of thiophene rings is 1. The Kier molecular flexibility index (Phi) is 5.71. The summed E-state index contributed by atoms with van der Waals surface area (Å²) in [5, 5.41) is 2.04. The number of nitrogens with two attached hydrogens (primary N) is 1. The molecule has 0 atom stereocenters. The smallest absolute Gasteiger partial charge is 0.323 e. The van der Waals surface area contributed by atoms with Gasteiger partial charge in [-0.3, -0.25) is 5.43 Å². The van der Waals surface area contributed by atoms with E-state index in [1.165, 1.54) is 4.88 Å². The van der Waals surface area contributed by atoms with Crippen molar-refractivity contribution in [1.82, 2.24) is 15.0 Å². The molecule has 7 nitrogen and oxygen atoms in total. The van der Waals surface area contributed by atoms with Crippen molar-refractivity contribution in [2.24, 2.45) is 5.84 Å². The van der Waals surface area contributed by atoms with Crippen LogP contribution in [0.15, 0.2) is 15.9 Å². The van der Waals surface area contributed by atoms with E-state index in [2.05, 4.69) is 42.4 Å². The van der Waals surface area contributed by atoms with Gasteiger partial charge in [-0.05, 0) is 28.4 Å². The first-order chi connectivity index (χ1) is 10.1. The minimum atomic E-state index is 0.272. The standard InChI is InChI=1S/C12H17BrN6OS/c1-3-4-20-12-16-10(18-14)15-11(17-12)19(2)6-9-5-8(13)7-21-9/h5,7H,3-4,6,14H2,1-2H3,(H,15,16,17,18). The van der Waals surface area contributed by atoms with Crippen LogP contribution in [0.5, 0.6) is 6.01 Å². The molecular weight excluding hydrogens is 356 g/mol. The van der Waals surface area contributed by atoms with Crippen LogP contribution in [0.4, 0.5) is 11.9 Å². The summed E-state index contributed by atoms with van der Waals surface area (Å²) in [5.74, 6) is 6.18. The molecule has 3 N–H and O–H groups in total. The van der Waals surface area contributed by atoms with Crippen LogP contribution in [0, 0.1) is 0 Å². The molecule has 0 fully saturated rings. The van der Waals surface area contributed by atoms with E-state index in [9.17, 15) is 0 Å². The molecule has 114 valence electrons. The molecule has 0 radical (unpaired) electrons. The largest absolute Gasteiger partial charge is 0.463 e. The molecule has 21 heavy (non-hydrogen) atoms. The molecule has 0 aromatic carbocycles. The van der Waals surface area contributed by atoms with Crippen LogP contribution in [0.25, 0.3) is 0 Å². The third-order valence-corrected chi connectivity index (χ3v) is 4.21. The van der Waals surface area contributed by atoms with Crippen molar-refractivity contribution in [2.75, 3.05) is 24.0 Å². The Balaban J connectivity index is 2.16. The monoisotopic (exact) mass is 372 g/mol. The van der Waals surface area contributed by atoms with Crippen molar-refractivity contribution in [3.8, 4) is 6.01 Å². The molecule has 0 aliphatic heterocycles. The average molecular weight is 373 g/mol. The van der Waals surface area contributed by atoms with E-state index < -0.39 is 0 Å². The molecule has 0 saturated carbocycles. The first kappa shape index (κ1) is 15.9. The van der Waals surface area contributed by atoms with Gasteiger partial charge < -0.3 is 9.64 Å². The van der Waals surface area contributed by atoms with Gasteiger partial charge in [0.1, 0.15) is 0 Å². The van der Waals surface area contributed by atoms with E-state index in [1.807, 2.05) is 24.3 Å². The number of halogens is 1. The normalized spacial score (nSPS) is 10.5. The highest BCUT2D eigenvalue weighted by molar-refractivity contribution is 9.10. The molecule has 0 aliphatic carbocycles. The van der Waals surface area contributed by atoms with Gasteiger partial charge >= 0.3 is 6.01 Å². The first-order valence-corrected chi connectivity index (χ1v) is 8.09. The number of nitrogens with one attached hydrogen (secondary N) is 1. The Morgan fingerprint density at radius 2 is 2.24 bits per heavy atom. The van der Waals surface area contributed by atoms with Crippen LogP contribution in [-0.4, -0.2) is 28.6 Å². The predicted octanol–water partition coefficient (Wildman–Crippen LogP) is 2.41. The van der Waals surface area contributed by atoms with Gasteiger partial charge in [0.2, 0.25) is 11.9 Å². The highest BCUT2D eigenvalue weighted by atomic mass is 79.9. The molecule has 0 aliphatic rings. The summed E-state index contributed by atoms with van der Waals surface area (Å²) < 4.78 is 6.53. The van der Waals surface area contributed by atoms with Gasteiger partial charge in [-0.1, -0.05) is 6.92 Å². The number of nitrogens with zero attached hydrogens (tertiary/aromatic N) is 4. The lowest BCUT2D eigenvalue weighted by molar-refractivity contribution is 0.292. The van der Waals surface area contributed by atoms with E-state index >= 15 is 0 Å². The van der Waals surface area contributed by atoms with Gasteiger partial charge in [0.15, 0.2) is 0 Å². The fourth-order valence-electron chi connectivity index (χ4n) is 1.58. The van der Waals surface area contributed by atoms with Crippen molar-refractivity contribution < 1.29 is 4.74 Å². The summed E-state index contributed by atoms with van der Waals surface area (Å²) in [7, 11) is 1.91. The van der Waals surface area contributed by atoms with Crippen LogP contribution < -0.4 is 20.9 Å². The number of rotatable bonds is 7. The zero-order valence-corrected chi connectivity index (χ0v) is 14.2. The van der Waals surface area contributed by atoms with E-state index in [0.717, 1.165) is 10.9 Å². The lowest BCUT2D eigenvalue weighted by Crippen LogP contribution is -2.21. The maximum absolute atomic E-state index is 5.45. The summed E-state index contributed by atoms with van der Waals surface area (Å²) >= 11 is 5.11. The molecule has 0 bridgehead atoms. The van der Waals surface area contributed by atoms with Gasteiger partial charge in [-0.25, -0.2) is 5.84 Å². The molecule has 0 spiro atoms. The van der Waals surface area contributed by atoms with Crippen molar-refractivity contribution >= 4 is 39.2 Å². The molecule has 2 aromatic rings. The number of ether oxygens (including phenoxy) is 1. The highest BCUT2D eigenvalue weighted by Crippen LogP contribution is 2.22. The number of hydrogen-bond donors (Lipinski definition) is 2. The van der Waals surface area contributed by atoms with Crippen molar-refractivity contribution in [3.63, 3.8) is 0 Å². The van der Waals surface area contributed by atoms with Crippen LogP contribution in [0.1, 0.15) is 18.2 Å². The quantitative estimate of drug-likeness (QED) is 0.569. The fourth-order valence-corrected chi connectivity index (χ4v) is 3.08. The highest BCUT2D eigenvalue weighted by Gasteiger charge is 2.12. The lowest BCUT2D eigenvalue weighted by Gasteiger charge is -2.17. The van der Waals surface area contributed by atoms with Crippen LogP contribution in [0.3, 0.4) is 0 Å². The summed E-state index contributed by atoms with van der Waals surface area (Å²) in [6.07, 6.45) is 0.880. The Morgan fingerprint density at radius 1 is 1.43 bits per heavy atom. The molecular formula is C12H17BrN6OS. The Hall–Kier alpha value is -1.45. The van der Waals surface area contributed by atoms with E-state index in [1.54, 1.807) is 11.3 Å². The second-order valence-electron chi connectivity index (χ2n) is 4.32. The predicted molar refractivity (Wildman–Crippen MR) is 87.5 cm³/mol. The van der Waals surface area contributed by atoms with E-state index in [0.29, 0.717) is 19.1 Å². The fraction of sp³-hybridized carbons (Fsp3) is 0.417. The Labute approximate surface area is 135 Å². The Bertz CT molecular complexity index is 593. The maximum atomic E-state index is 5.45. The zero-order valence-electron chi connectivity index (χ0n) is 11.8. The van der Waals surface area contributed by atoms with Crippen molar-refractivity contribution in [2.45, 2.75) is 19.9 Å². The summed E-state index contributed by atoms with van der Waals surface area (Å²) in [4.78, 5) is 15.7. The second kappa shape index (κ2) is 7.53. The second-order valence-corrected chi connectivity index (χ2v) is 6.23. The van der Waals surface area contributed by atoms with Gasteiger partial charge in [0, 0.05) is 21.8 Å². The molecule has 2 rings (SSSR count).